The van der Waals surface area contributed by atoms with Crippen molar-refractivity contribution in [3.05, 3.63) is 41.0 Å². The van der Waals surface area contributed by atoms with Crippen LogP contribution in [0.5, 0.6) is 0 Å². The van der Waals surface area contributed by atoms with Crippen LogP contribution in [-0.2, 0) is 20.1 Å². The Morgan fingerprint density at radius 3 is 3.00 bits per heavy atom. The van der Waals surface area contributed by atoms with Gasteiger partial charge in [0.25, 0.3) is 5.91 Å². The summed E-state index contributed by atoms with van der Waals surface area (Å²) in [6.07, 6.45) is 5.06. The molecule has 0 saturated heterocycles. The van der Waals surface area contributed by atoms with E-state index in [1.165, 1.54) is 22.5 Å². The van der Waals surface area contributed by atoms with Crippen LogP contribution in [0.15, 0.2) is 41.0 Å². The van der Waals surface area contributed by atoms with E-state index in [0.29, 0.717) is 5.13 Å². The molecule has 3 heterocycles. The molecule has 5 rings (SSSR count). The Labute approximate surface area is 165 Å². The number of hydrogen-bond donors (Lipinski definition) is 1. The van der Waals surface area contributed by atoms with Crippen molar-refractivity contribution in [2.75, 3.05) is 5.32 Å². The highest BCUT2D eigenvalue weighted by molar-refractivity contribution is 7.98. The number of aromatic nitrogens is 1. The van der Waals surface area contributed by atoms with Gasteiger partial charge in [0, 0.05) is 21.1 Å². The summed E-state index contributed by atoms with van der Waals surface area (Å²) in [5, 5.41) is 3.35. The van der Waals surface area contributed by atoms with E-state index < -0.39 is 5.91 Å². The lowest BCUT2D eigenvalue weighted by Crippen LogP contribution is -2.39. The number of carbonyl (C=O) groups excluding carboxylic acids is 2. The van der Waals surface area contributed by atoms with Crippen LogP contribution in [0.1, 0.15) is 30.6 Å². The lowest BCUT2D eigenvalue weighted by atomic mass is 9.80. The average molecular weight is 399 g/mol. The molecule has 2 aliphatic heterocycles. The van der Waals surface area contributed by atoms with Crippen molar-refractivity contribution in [1.82, 2.24) is 4.98 Å². The van der Waals surface area contributed by atoms with Crippen LogP contribution in [0.2, 0.25) is 0 Å². The normalized spacial score (nSPS) is 23.4. The molecule has 2 aromatic rings. The van der Waals surface area contributed by atoms with Crippen molar-refractivity contribution in [2.45, 2.75) is 42.4 Å². The molecule has 2 unspecified atom stereocenters. The maximum Gasteiger partial charge on any atom is 0.264 e. The molecule has 0 spiro atoms. The number of benzene rings is 1. The molecule has 1 saturated carbocycles. The number of amides is 1. The van der Waals surface area contributed by atoms with Crippen LogP contribution in [0.4, 0.5) is 5.13 Å². The second kappa shape index (κ2) is 6.80. The third-order valence-electron chi connectivity index (χ3n) is 5.33. The number of Topliss-reactive ketones (excluding diaryl/α,β-unsaturated/α-hetero) is 1. The summed E-state index contributed by atoms with van der Waals surface area (Å²) in [5.74, 6) is 0.146. The molecule has 0 radical (unpaired) electrons. The number of nitrogens with one attached hydrogen (secondary N) is 1. The minimum absolute atomic E-state index is 0.0662. The molecule has 1 aromatic heterocycles. The molecule has 3 aliphatic rings. The molecule has 1 aromatic carbocycles. The molecule has 2 atom stereocenters. The van der Waals surface area contributed by atoms with Gasteiger partial charge in [0.2, 0.25) is 0 Å². The Hall–Kier alpha value is -2.12. The molecule has 0 bridgehead atoms. The zero-order valence-electron chi connectivity index (χ0n) is 14.6. The number of fused-ring (bicyclic) bond motifs is 4. The standard InChI is InChI=1S/C20H18N2O3S2/c23-18-11-5-1-3-7-14(11)25-9-13(18)19(24)22-20-21-17-12-6-2-4-8-15(12)26-10-16(17)27-20/h2,4,6,8-9,11,14H,1,3,5,7,10H2,(H,21,22,24). The predicted octanol–water partition coefficient (Wildman–Crippen LogP) is 4.40. The number of hydrogen-bond acceptors (Lipinski definition) is 6. The molecule has 27 heavy (non-hydrogen) atoms. The molecule has 7 heteroatoms. The lowest BCUT2D eigenvalue weighted by Gasteiger charge is -2.33. The first kappa shape index (κ1) is 17.0. The van der Waals surface area contributed by atoms with Gasteiger partial charge in [-0.1, -0.05) is 24.6 Å². The summed E-state index contributed by atoms with van der Waals surface area (Å²) in [4.78, 5) is 32.4. The van der Waals surface area contributed by atoms with Crippen molar-refractivity contribution >= 4 is 39.9 Å². The molecule has 1 fully saturated rings. The van der Waals surface area contributed by atoms with Crippen molar-refractivity contribution in [1.29, 1.82) is 0 Å². The minimum atomic E-state index is -0.420. The van der Waals surface area contributed by atoms with Crippen LogP contribution in [0, 0.1) is 5.92 Å². The Kier molecular flexibility index (Phi) is 4.28. The molecule has 138 valence electrons. The van der Waals surface area contributed by atoms with Gasteiger partial charge >= 0.3 is 0 Å². The minimum Gasteiger partial charge on any atom is -0.496 e. The van der Waals surface area contributed by atoms with Gasteiger partial charge in [-0.3, -0.25) is 14.9 Å². The fourth-order valence-electron chi connectivity index (χ4n) is 3.95. The van der Waals surface area contributed by atoms with Gasteiger partial charge < -0.3 is 4.74 Å². The molecular weight excluding hydrogens is 380 g/mol. The molecule has 1 amide bonds. The number of anilines is 1. The van der Waals surface area contributed by atoms with Gasteiger partial charge in [0.1, 0.15) is 11.7 Å². The Morgan fingerprint density at radius 2 is 2.07 bits per heavy atom. The fraction of sp³-hybridized carbons (Fsp3) is 0.350. The van der Waals surface area contributed by atoms with E-state index in [9.17, 15) is 9.59 Å². The van der Waals surface area contributed by atoms with Gasteiger partial charge in [-0.05, 0) is 25.3 Å². The third-order valence-corrected chi connectivity index (χ3v) is 7.58. The number of ether oxygens (including phenoxy) is 1. The van der Waals surface area contributed by atoms with Gasteiger partial charge in [-0.15, -0.1) is 23.1 Å². The first-order chi connectivity index (χ1) is 13.2. The summed E-state index contributed by atoms with van der Waals surface area (Å²) in [6, 6.07) is 8.15. The van der Waals surface area contributed by atoms with Crippen molar-refractivity contribution < 1.29 is 14.3 Å². The highest BCUT2D eigenvalue weighted by Crippen LogP contribution is 2.44. The first-order valence-corrected chi connectivity index (χ1v) is 10.9. The number of nitrogens with zero attached hydrogens (tertiary/aromatic N) is 1. The zero-order chi connectivity index (χ0) is 18.4. The maximum atomic E-state index is 12.7. The first-order valence-electron chi connectivity index (χ1n) is 9.14. The summed E-state index contributed by atoms with van der Waals surface area (Å²) >= 11 is 3.25. The van der Waals surface area contributed by atoms with E-state index in [4.69, 9.17) is 4.74 Å². The second-order valence-electron chi connectivity index (χ2n) is 6.99. The van der Waals surface area contributed by atoms with E-state index in [1.54, 1.807) is 11.8 Å². The molecule has 1 N–H and O–H groups in total. The maximum absolute atomic E-state index is 12.7. The van der Waals surface area contributed by atoms with E-state index >= 15 is 0 Å². The van der Waals surface area contributed by atoms with Crippen molar-refractivity contribution in [3.8, 4) is 11.3 Å². The largest absolute Gasteiger partial charge is 0.496 e. The summed E-state index contributed by atoms with van der Waals surface area (Å²) in [7, 11) is 0. The summed E-state index contributed by atoms with van der Waals surface area (Å²) < 4.78 is 5.69. The summed E-state index contributed by atoms with van der Waals surface area (Å²) in [6.45, 7) is 0. The highest BCUT2D eigenvalue weighted by Gasteiger charge is 2.39. The van der Waals surface area contributed by atoms with Crippen LogP contribution in [0.3, 0.4) is 0 Å². The topological polar surface area (TPSA) is 68.3 Å². The van der Waals surface area contributed by atoms with E-state index in [-0.39, 0.29) is 23.4 Å². The average Bonchev–Trinajstić information content (AvgIpc) is 3.11. The number of thioether (sulfide) groups is 1. The van der Waals surface area contributed by atoms with Crippen LogP contribution >= 0.6 is 23.1 Å². The Bertz CT molecular complexity index is 966. The SMILES string of the molecule is O=C(Nc1nc2c(s1)CSc1ccccc1-2)C1=COC2CCCCC2C1=O. The predicted molar refractivity (Wildman–Crippen MR) is 106 cm³/mol. The van der Waals surface area contributed by atoms with Crippen molar-refractivity contribution in [3.63, 3.8) is 0 Å². The Morgan fingerprint density at radius 1 is 1.22 bits per heavy atom. The van der Waals surface area contributed by atoms with Crippen LogP contribution in [0.25, 0.3) is 11.3 Å². The molecule has 5 nitrogen and oxygen atoms in total. The Balaban J connectivity index is 1.37. The second-order valence-corrected chi connectivity index (χ2v) is 9.09. The van der Waals surface area contributed by atoms with Crippen LogP contribution in [-0.4, -0.2) is 22.8 Å². The highest BCUT2D eigenvalue weighted by atomic mass is 32.2. The van der Waals surface area contributed by atoms with E-state index in [0.717, 1.165) is 47.6 Å². The van der Waals surface area contributed by atoms with Gasteiger partial charge in [-0.2, -0.15) is 0 Å². The van der Waals surface area contributed by atoms with Crippen LogP contribution < -0.4 is 5.32 Å². The third kappa shape index (κ3) is 2.99. The zero-order valence-corrected chi connectivity index (χ0v) is 16.2. The van der Waals surface area contributed by atoms with E-state index in [2.05, 4.69) is 22.4 Å². The monoisotopic (exact) mass is 398 g/mol. The van der Waals surface area contributed by atoms with Crippen molar-refractivity contribution in [2.24, 2.45) is 5.92 Å². The number of thiazole rings is 1. The van der Waals surface area contributed by atoms with E-state index in [1.807, 2.05) is 12.1 Å². The van der Waals surface area contributed by atoms with Gasteiger partial charge in [0.05, 0.1) is 17.9 Å². The number of rotatable bonds is 2. The molecule has 1 aliphatic carbocycles. The summed E-state index contributed by atoms with van der Waals surface area (Å²) in [5.41, 5.74) is 2.14. The van der Waals surface area contributed by atoms with Gasteiger partial charge in [-0.25, -0.2) is 4.98 Å². The smallest absolute Gasteiger partial charge is 0.264 e. The lowest BCUT2D eigenvalue weighted by molar-refractivity contribution is -0.129. The number of carbonyl (C=O) groups is 2. The fourth-order valence-corrected chi connectivity index (χ4v) is 6.04. The molecular formula is C20H18N2O3S2. The number of ketones is 1. The quantitative estimate of drug-likeness (QED) is 0.760. The van der Waals surface area contributed by atoms with Gasteiger partial charge in [0.15, 0.2) is 10.9 Å².